The van der Waals surface area contributed by atoms with Gasteiger partial charge >= 0.3 is 72.2 Å². The molecule has 0 unspecified atom stereocenters. The summed E-state index contributed by atoms with van der Waals surface area (Å²) in [6.45, 7) is 0. The van der Waals surface area contributed by atoms with Gasteiger partial charge in [0.05, 0.1) is 0 Å². The molecule has 0 atom stereocenters. The van der Waals surface area contributed by atoms with Crippen molar-refractivity contribution in [1.82, 2.24) is 4.98 Å². The molecule has 0 aliphatic heterocycles. The third-order valence-corrected chi connectivity index (χ3v) is 2.35. The first kappa shape index (κ1) is 6.42. The molecule has 0 bridgehead atoms. The Morgan fingerprint density at radius 2 is 2.10 bits per heavy atom. The molecule has 2 aromatic rings. The number of nitrogens with zero attached hydrogens (tertiary/aromatic N) is 1. The molecule has 0 radical (unpaired) electrons. The van der Waals surface area contributed by atoms with Gasteiger partial charge in [-0.1, -0.05) is 0 Å². The number of benzene rings is 1. The van der Waals surface area contributed by atoms with Gasteiger partial charge in [-0.05, 0) is 0 Å². The third-order valence-electron chi connectivity index (χ3n) is 1.40. The molecule has 1 nitrogen and oxygen atoms in total. The number of rotatable bonds is 0. The van der Waals surface area contributed by atoms with Crippen molar-refractivity contribution in [2.75, 3.05) is 0 Å². The van der Waals surface area contributed by atoms with Crippen LogP contribution in [0.3, 0.4) is 0 Å². The van der Waals surface area contributed by atoms with Crippen LogP contribution in [0.1, 0.15) is 0 Å². The first-order valence-corrected chi connectivity index (χ1v) is 4.00. The zero-order chi connectivity index (χ0) is 6.97. The average Bonchev–Trinajstić information content (AvgIpc) is 2.27. The Morgan fingerprint density at radius 1 is 1.30 bits per heavy atom. The van der Waals surface area contributed by atoms with Crippen LogP contribution in [0.15, 0.2) is 24.3 Å². The third kappa shape index (κ3) is 0.991. The fourth-order valence-electron chi connectivity index (χ4n) is 0.987. The van der Waals surface area contributed by atoms with Gasteiger partial charge < -0.3 is 0 Å². The first-order valence-electron chi connectivity index (χ1n) is 3.18. The van der Waals surface area contributed by atoms with E-state index in [0.717, 1.165) is 9.20 Å². The summed E-state index contributed by atoms with van der Waals surface area (Å²) >= 11 is 3.77. The van der Waals surface area contributed by atoms with Crippen LogP contribution in [0.4, 0.5) is 0 Å². The maximum absolute atomic E-state index is 4.33. The molecule has 1 aromatic carbocycles. The topological polar surface area (TPSA) is 12.9 Å². The Balaban J connectivity index is 2.88. The monoisotopic (exact) mass is 141 g/mol. The summed E-state index contributed by atoms with van der Waals surface area (Å²) in [5.74, 6) is 0. The SMILES string of the molecule is [Li][c]1nc2ccccc2s1. The van der Waals surface area contributed by atoms with Crippen LogP contribution in [0.25, 0.3) is 10.2 Å². The number of aromatic nitrogens is 1. The van der Waals surface area contributed by atoms with Crippen molar-refractivity contribution in [2.45, 2.75) is 0 Å². The van der Waals surface area contributed by atoms with Gasteiger partial charge in [0.1, 0.15) is 0 Å². The summed E-state index contributed by atoms with van der Waals surface area (Å²) in [6.07, 6.45) is 0. The zero-order valence-corrected chi connectivity index (χ0v) is 6.48. The number of hydrogen-bond donors (Lipinski definition) is 0. The van der Waals surface area contributed by atoms with Gasteiger partial charge in [0, 0.05) is 0 Å². The second-order valence-corrected chi connectivity index (χ2v) is 3.44. The Kier molecular flexibility index (Phi) is 1.54. The van der Waals surface area contributed by atoms with E-state index in [4.69, 9.17) is 0 Å². The van der Waals surface area contributed by atoms with Gasteiger partial charge in [0.15, 0.2) is 0 Å². The fourth-order valence-corrected chi connectivity index (χ4v) is 1.81. The van der Waals surface area contributed by atoms with E-state index in [-0.39, 0.29) is 0 Å². The predicted molar refractivity (Wildman–Crippen MR) is 45.0 cm³/mol. The molecule has 10 heavy (non-hydrogen) atoms. The second-order valence-electron chi connectivity index (χ2n) is 2.20. The van der Waals surface area contributed by atoms with Gasteiger partial charge in [0.25, 0.3) is 0 Å². The van der Waals surface area contributed by atoms with Crippen molar-refractivity contribution in [3.63, 3.8) is 0 Å². The Bertz CT molecular complexity index is 322. The van der Waals surface area contributed by atoms with Crippen molar-refractivity contribution in [2.24, 2.45) is 0 Å². The van der Waals surface area contributed by atoms with E-state index in [0.29, 0.717) is 0 Å². The van der Waals surface area contributed by atoms with Crippen LogP contribution in [0, 0.1) is 0 Å². The number of thiazole rings is 1. The molecule has 1 heterocycles. The number of hydrogen-bond acceptors (Lipinski definition) is 2. The van der Waals surface area contributed by atoms with Gasteiger partial charge in [-0.15, -0.1) is 0 Å². The molecular formula is C7H4LiNS. The van der Waals surface area contributed by atoms with E-state index in [1.54, 1.807) is 11.3 Å². The molecule has 0 aliphatic carbocycles. The summed E-state index contributed by atoms with van der Waals surface area (Å²) in [4.78, 5) is 4.33. The van der Waals surface area contributed by atoms with Gasteiger partial charge in [-0.2, -0.15) is 0 Å². The molecule has 3 heteroatoms. The van der Waals surface area contributed by atoms with E-state index >= 15 is 0 Å². The zero-order valence-electron chi connectivity index (χ0n) is 5.66. The molecule has 0 saturated carbocycles. The maximum atomic E-state index is 4.33. The molecule has 0 fully saturated rings. The molecule has 0 saturated heterocycles. The molecule has 0 amide bonds. The van der Waals surface area contributed by atoms with E-state index in [2.05, 4.69) is 11.1 Å². The molecule has 1 aromatic heterocycles. The van der Waals surface area contributed by atoms with Gasteiger partial charge in [0.2, 0.25) is 0 Å². The standard InChI is InChI=1S/C7H4NS.Li/c1-2-4-7-6(3-1)8-5-9-7;/h1-4H;. The molecule has 0 N–H and O–H groups in total. The Morgan fingerprint density at radius 3 is 2.90 bits per heavy atom. The molecule has 0 aliphatic rings. The minimum absolute atomic E-state index is 1.12. The normalized spacial score (nSPS) is 10.6. The van der Waals surface area contributed by atoms with Crippen LogP contribution in [0.5, 0.6) is 0 Å². The second kappa shape index (κ2) is 2.39. The summed E-state index contributed by atoms with van der Waals surface area (Å²) < 4.78 is 2.42. The summed E-state index contributed by atoms with van der Waals surface area (Å²) in [5, 5.41) is 0. The quantitative estimate of drug-likeness (QED) is 0.500. The van der Waals surface area contributed by atoms with Crippen LogP contribution < -0.4 is 3.68 Å². The fraction of sp³-hybridized carbons (Fsp3) is 0. The van der Waals surface area contributed by atoms with Crippen LogP contribution >= 0.6 is 11.3 Å². The number of fused-ring (bicyclic) bond motifs is 1. The van der Waals surface area contributed by atoms with E-state index in [1.807, 2.05) is 35.9 Å². The van der Waals surface area contributed by atoms with Crippen LogP contribution in [0.2, 0.25) is 0 Å². The molecule has 0 spiro atoms. The predicted octanol–water partition coefficient (Wildman–Crippen LogP) is 1.09. The van der Waals surface area contributed by atoms with E-state index in [9.17, 15) is 0 Å². The van der Waals surface area contributed by atoms with Crippen molar-refractivity contribution < 1.29 is 0 Å². The van der Waals surface area contributed by atoms with Crippen molar-refractivity contribution in [3.8, 4) is 0 Å². The van der Waals surface area contributed by atoms with Gasteiger partial charge in [-0.3, -0.25) is 0 Å². The summed E-state index contributed by atoms with van der Waals surface area (Å²) in [5.41, 5.74) is 1.12. The molecule has 2 rings (SSSR count). The van der Waals surface area contributed by atoms with Gasteiger partial charge in [-0.25, -0.2) is 0 Å². The Hall–Kier alpha value is -0.293. The average molecular weight is 141 g/mol. The van der Waals surface area contributed by atoms with E-state index < -0.39 is 0 Å². The summed E-state index contributed by atoms with van der Waals surface area (Å²) in [7, 11) is 0. The Labute approximate surface area is 72.3 Å². The molecular weight excluding hydrogens is 137 g/mol. The van der Waals surface area contributed by atoms with Crippen molar-refractivity contribution in [1.29, 1.82) is 0 Å². The van der Waals surface area contributed by atoms with Crippen LogP contribution in [-0.4, -0.2) is 22.7 Å². The molecule has 44 valence electrons. The minimum atomic E-state index is 1.12. The summed E-state index contributed by atoms with van der Waals surface area (Å²) in [6, 6.07) is 8.19. The van der Waals surface area contributed by atoms with E-state index in [1.165, 1.54) is 4.70 Å². The van der Waals surface area contributed by atoms with Crippen LogP contribution in [-0.2, 0) is 0 Å². The van der Waals surface area contributed by atoms with Crippen molar-refractivity contribution in [3.05, 3.63) is 24.3 Å². The van der Waals surface area contributed by atoms with Crippen molar-refractivity contribution >= 4 is 42.9 Å². The number of para-hydroxylation sites is 1. The first-order chi connectivity index (χ1) is 4.86.